The summed E-state index contributed by atoms with van der Waals surface area (Å²) in [4.78, 5) is 22.7. The highest BCUT2D eigenvalue weighted by molar-refractivity contribution is 6.46. The molecule has 0 aliphatic heterocycles. The van der Waals surface area contributed by atoms with Crippen LogP contribution in [0.2, 0.25) is 10.0 Å². The van der Waals surface area contributed by atoms with Crippen molar-refractivity contribution in [2.24, 2.45) is 0 Å². The van der Waals surface area contributed by atoms with Gasteiger partial charge in [-0.25, -0.2) is 0 Å². The highest BCUT2D eigenvalue weighted by Gasteiger charge is 2.19. The Morgan fingerprint density at radius 1 is 1.09 bits per heavy atom. The van der Waals surface area contributed by atoms with Crippen LogP contribution in [0, 0.1) is 0 Å². The largest absolute Gasteiger partial charge is 0.484 e. The Balaban J connectivity index is 2.33. The summed E-state index contributed by atoms with van der Waals surface area (Å²) in [6.45, 7) is 3.55. The summed E-state index contributed by atoms with van der Waals surface area (Å²) in [7, 11) is 0. The van der Waals surface area contributed by atoms with Crippen molar-refractivity contribution in [1.29, 1.82) is 0 Å². The number of benzene rings is 2. The smallest absolute Gasteiger partial charge is 0.239 e. The first kappa shape index (κ1) is 16.3. The molecular formula is C17H11Cl2O3. The average Bonchev–Trinajstić information content (AvgIpc) is 2.56. The van der Waals surface area contributed by atoms with Gasteiger partial charge in [0.05, 0.1) is 5.02 Å². The molecule has 0 N–H and O–H groups in total. The van der Waals surface area contributed by atoms with Crippen LogP contribution in [0.5, 0.6) is 5.75 Å². The van der Waals surface area contributed by atoms with Crippen LogP contribution in [0.15, 0.2) is 49.0 Å². The summed E-state index contributed by atoms with van der Waals surface area (Å²) in [6, 6.07) is 12.0. The molecule has 1 radical (unpaired) electrons. The molecule has 2 aromatic carbocycles. The maximum atomic E-state index is 12.5. The van der Waals surface area contributed by atoms with Gasteiger partial charge in [-0.2, -0.15) is 0 Å². The van der Waals surface area contributed by atoms with Crippen LogP contribution in [-0.4, -0.2) is 18.7 Å². The second kappa shape index (κ2) is 7.25. The Labute approximate surface area is 138 Å². The van der Waals surface area contributed by atoms with E-state index in [-0.39, 0.29) is 33.7 Å². The maximum Gasteiger partial charge on any atom is 0.239 e. The quantitative estimate of drug-likeness (QED) is 0.582. The molecule has 2 aromatic rings. The number of Topliss-reactive ketones (excluding diaryl/α,β-unsaturated/α-hetero) is 1. The predicted octanol–water partition coefficient (Wildman–Crippen LogP) is 4.38. The lowest BCUT2D eigenvalue weighted by Crippen LogP contribution is -2.04. The molecule has 2 rings (SSSR count). The molecule has 0 atom stereocenters. The minimum Gasteiger partial charge on any atom is -0.484 e. The van der Waals surface area contributed by atoms with Crippen molar-refractivity contribution in [3.05, 3.63) is 70.2 Å². The van der Waals surface area contributed by atoms with E-state index in [1.54, 1.807) is 18.4 Å². The van der Waals surface area contributed by atoms with Crippen LogP contribution >= 0.6 is 23.2 Å². The Bertz CT molecular complexity index is 724. The number of ketones is 1. The standard InChI is InChI=1S/C17H11Cl2O3/c1-11(12-5-3-2-4-6-12)17(21)13-7-8-14(22-10-9-20)16(19)15(13)18/h2-8H,1,10H2. The molecule has 0 saturated carbocycles. The van der Waals surface area contributed by atoms with Gasteiger partial charge in [-0.15, -0.1) is 0 Å². The van der Waals surface area contributed by atoms with Gasteiger partial charge >= 0.3 is 0 Å². The normalized spacial score (nSPS) is 10.1. The van der Waals surface area contributed by atoms with E-state index < -0.39 is 0 Å². The lowest BCUT2D eigenvalue weighted by Gasteiger charge is -2.11. The van der Waals surface area contributed by atoms with E-state index in [0.717, 1.165) is 0 Å². The topological polar surface area (TPSA) is 43.4 Å². The fraction of sp³-hybridized carbons (Fsp3) is 0.0588. The van der Waals surface area contributed by atoms with E-state index in [4.69, 9.17) is 27.9 Å². The second-order valence-electron chi connectivity index (χ2n) is 4.35. The van der Waals surface area contributed by atoms with Crippen molar-refractivity contribution in [3.63, 3.8) is 0 Å². The van der Waals surface area contributed by atoms with Crippen LogP contribution in [0.3, 0.4) is 0 Å². The van der Waals surface area contributed by atoms with Gasteiger partial charge in [0.15, 0.2) is 12.4 Å². The van der Waals surface area contributed by atoms with E-state index in [2.05, 4.69) is 6.58 Å². The van der Waals surface area contributed by atoms with Crippen molar-refractivity contribution in [2.75, 3.05) is 6.61 Å². The zero-order chi connectivity index (χ0) is 16.1. The molecule has 0 aliphatic carbocycles. The molecule has 0 bridgehead atoms. The summed E-state index contributed by atoms with van der Waals surface area (Å²) >= 11 is 12.2. The van der Waals surface area contributed by atoms with Crippen LogP contribution < -0.4 is 4.74 Å². The molecule has 22 heavy (non-hydrogen) atoms. The predicted molar refractivity (Wildman–Crippen MR) is 87.5 cm³/mol. The summed E-state index contributed by atoms with van der Waals surface area (Å²) in [5, 5.41) is 0.135. The van der Waals surface area contributed by atoms with Crippen LogP contribution in [0.25, 0.3) is 5.57 Å². The molecule has 0 spiro atoms. The van der Waals surface area contributed by atoms with E-state index in [1.165, 1.54) is 12.1 Å². The molecular weight excluding hydrogens is 323 g/mol. The van der Waals surface area contributed by atoms with Gasteiger partial charge in [-0.3, -0.25) is 9.59 Å². The minimum absolute atomic E-state index is 0.0622. The number of ether oxygens (including phenoxy) is 1. The van der Waals surface area contributed by atoms with Gasteiger partial charge in [-0.05, 0) is 17.7 Å². The average molecular weight is 334 g/mol. The van der Waals surface area contributed by atoms with Crippen molar-refractivity contribution < 1.29 is 14.3 Å². The second-order valence-corrected chi connectivity index (χ2v) is 5.10. The number of carbonyl (C=O) groups excluding carboxylic acids is 2. The first-order chi connectivity index (χ1) is 10.6. The van der Waals surface area contributed by atoms with Gasteiger partial charge in [0.25, 0.3) is 0 Å². The van der Waals surface area contributed by atoms with Crippen LogP contribution in [0.4, 0.5) is 0 Å². The lowest BCUT2D eigenvalue weighted by molar-refractivity contribution is 0.105. The molecule has 111 valence electrons. The molecule has 0 amide bonds. The van der Waals surface area contributed by atoms with E-state index in [1.807, 2.05) is 18.2 Å². The number of carbonyl (C=O) groups is 1. The van der Waals surface area contributed by atoms with Gasteiger partial charge in [-0.1, -0.05) is 60.1 Å². The molecule has 0 aromatic heterocycles. The van der Waals surface area contributed by atoms with E-state index in [0.29, 0.717) is 11.1 Å². The van der Waals surface area contributed by atoms with Crippen molar-refractivity contribution in [1.82, 2.24) is 0 Å². The first-order valence-corrected chi connectivity index (χ1v) is 7.06. The Kier molecular flexibility index (Phi) is 5.36. The summed E-state index contributed by atoms with van der Waals surface area (Å²) in [6.07, 6.45) is 1.58. The minimum atomic E-state index is -0.327. The first-order valence-electron chi connectivity index (χ1n) is 6.31. The van der Waals surface area contributed by atoms with Crippen molar-refractivity contribution >= 4 is 40.8 Å². The van der Waals surface area contributed by atoms with E-state index >= 15 is 0 Å². The molecule has 5 heteroatoms. The van der Waals surface area contributed by atoms with Gasteiger partial charge in [0.2, 0.25) is 6.29 Å². The third-order valence-corrected chi connectivity index (χ3v) is 3.84. The monoisotopic (exact) mass is 333 g/mol. The summed E-state index contributed by atoms with van der Waals surface area (Å²) in [5.74, 6) is -0.108. The van der Waals surface area contributed by atoms with Gasteiger partial charge in [0, 0.05) is 11.1 Å². The fourth-order valence-corrected chi connectivity index (χ4v) is 2.32. The molecule has 0 heterocycles. The highest BCUT2D eigenvalue weighted by atomic mass is 35.5. The SMILES string of the molecule is C=C(C(=O)c1ccc(OC[C]=O)c(Cl)c1Cl)c1ccccc1. The Hall–Kier alpha value is -2.10. The number of hydrogen-bond donors (Lipinski definition) is 0. The molecule has 0 aliphatic rings. The Morgan fingerprint density at radius 3 is 2.41 bits per heavy atom. The fourth-order valence-electron chi connectivity index (χ4n) is 1.86. The molecule has 0 fully saturated rings. The highest BCUT2D eigenvalue weighted by Crippen LogP contribution is 2.36. The van der Waals surface area contributed by atoms with Crippen molar-refractivity contribution in [2.45, 2.75) is 0 Å². The van der Waals surface area contributed by atoms with Gasteiger partial charge < -0.3 is 4.74 Å². The number of hydrogen-bond acceptors (Lipinski definition) is 3. The summed E-state index contributed by atoms with van der Waals surface area (Å²) < 4.78 is 5.07. The zero-order valence-electron chi connectivity index (χ0n) is 11.4. The number of rotatable bonds is 6. The molecule has 0 unspecified atom stereocenters. The van der Waals surface area contributed by atoms with Crippen molar-refractivity contribution in [3.8, 4) is 5.75 Å². The molecule has 0 saturated heterocycles. The molecule has 3 nitrogen and oxygen atoms in total. The number of halogens is 2. The van der Waals surface area contributed by atoms with Crippen LogP contribution in [-0.2, 0) is 4.79 Å². The lowest BCUT2D eigenvalue weighted by atomic mass is 9.98. The third kappa shape index (κ3) is 3.38. The van der Waals surface area contributed by atoms with Crippen LogP contribution in [0.1, 0.15) is 15.9 Å². The summed E-state index contributed by atoms with van der Waals surface area (Å²) in [5.41, 5.74) is 1.24. The van der Waals surface area contributed by atoms with E-state index in [9.17, 15) is 9.59 Å². The Morgan fingerprint density at radius 2 is 1.77 bits per heavy atom. The van der Waals surface area contributed by atoms with Gasteiger partial charge in [0.1, 0.15) is 10.8 Å². The number of allylic oxidation sites excluding steroid dienone is 1. The third-order valence-electron chi connectivity index (χ3n) is 2.97. The maximum absolute atomic E-state index is 12.5. The zero-order valence-corrected chi connectivity index (χ0v) is 12.9.